The molecule has 86 valence electrons. The number of aliphatic hydroxyl groups excluding tert-OH is 1. The molecule has 6 heteroatoms. The Bertz CT molecular complexity index is 527. The van der Waals surface area contributed by atoms with Crippen molar-refractivity contribution in [1.29, 1.82) is 0 Å². The first kappa shape index (κ1) is 11.6. The summed E-state index contributed by atoms with van der Waals surface area (Å²) in [5.74, 6) is 0.647. The Hall–Kier alpha value is -0.910. The van der Waals surface area contributed by atoms with Gasteiger partial charge in [0.15, 0.2) is 0 Å². The van der Waals surface area contributed by atoms with Crippen LogP contribution in [-0.2, 0) is 16.6 Å². The van der Waals surface area contributed by atoms with Gasteiger partial charge in [-0.05, 0) is 12.1 Å². The first-order valence-corrected chi connectivity index (χ1v) is 6.64. The molecule has 0 saturated heterocycles. The monoisotopic (exact) mass is 258 g/mol. The Morgan fingerprint density at radius 3 is 3.00 bits per heavy atom. The first-order valence-electron chi connectivity index (χ1n) is 4.78. The van der Waals surface area contributed by atoms with E-state index in [0.717, 1.165) is 11.3 Å². The second-order valence-corrected chi connectivity index (χ2v) is 5.37. The fourth-order valence-electron chi connectivity index (χ4n) is 1.43. The zero-order valence-corrected chi connectivity index (χ0v) is 10.0. The van der Waals surface area contributed by atoms with Crippen LogP contribution >= 0.6 is 11.6 Å². The van der Waals surface area contributed by atoms with Crippen molar-refractivity contribution in [3.8, 4) is 0 Å². The second kappa shape index (κ2) is 4.95. The number of fused-ring (bicyclic) bond motifs is 1. The predicted octanol–water partition coefficient (Wildman–Crippen LogP) is 1.23. The van der Waals surface area contributed by atoms with E-state index in [4.69, 9.17) is 16.7 Å². The Kier molecular flexibility index (Phi) is 3.58. The van der Waals surface area contributed by atoms with E-state index in [2.05, 4.69) is 4.98 Å². The Balaban J connectivity index is 2.23. The zero-order valence-electron chi connectivity index (χ0n) is 8.47. The van der Waals surface area contributed by atoms with E-state index < -0.39 is 10.8 Å². The third kappa shape index (κ3) is 2.61. The van der Waals surface area contributed by atoms with Gasteiger partial charge in [-0.1, -0.05) is 11.6 Å². The highest BCUT2D eigenvalue weighted by Crippen LogP contribution is 2.12. The lowest BCUT2D eigenvalue weighted by atomic mass is 10.5. The van der Waals surface area contributed by atoms with Crippen LogP contribution in [0.5, 0.6) is 0 Å². The average Bonchev–Trinajstić information content (AvgIpc) is 2.59. The molecule has 0 aromatic carbocycles. The largest absolute Gasteiger partial charge is 0.395 e. The summed E-state index contributed by atoms with van der Waals surface area (Å²) < 4.78 is 13.2. The van der Waals surface area contributed by atoms with Crippen LogP contribution in [-0.4, -0.2) is 31.1 Å². The molecular weight excluding hydrogens is 248 g/mol. The third-order valence-electron chi connectivity index (χ3n) is 2.09. The first-order chi connectivity index (χ1) is 7.69. The normalized spacial score (nSPS) is 13.1. The quantitative estimate of drug-likeness (QED) is 0.898. The molecule has 16 heavy (non-hydrogen) atoms. The van der Waals surface area contributed by atoms with Crippen LogP contribution in [0.4, 0.5) is 0 Å². The number of imidazole rings is 1. The summed E-state index contributed by atoms with van der Waals surface area (Å²) in [6.45, 7) is -0.0637. The number of rotatable bonds is 4. The number of aromatic nitrogens is 2. The van der Waals surface area contributed by atoms with Crippen molar-refractivity contribution in [3.63, 3.8) is 0 Å². The van der Waals surface area contributed by atoms with Crippen molar-refractivity contribution in [2.45, 2.75) is 5.75 Å². The maximum Gasteiger partial charge on any atom is 0.137 e. The molecule has 2 aromatic heterocycles. The highest BCUT2D eigenvalue weighted by Gasteiger charge is 2.06. The fourth-order valence-corrected chi connectivity index (χ4v) is 2.41. The summed E-state index contributed by atoms with van der Waals surface area (Å²) in [5.41, 5.74) is 1.52. The van der Waals surface area contributed by atoms with Crippen LogP contribution in [0.3, 0.4) is 0 Å². The number of nitrogens with zero attached hydrogens (tertiary/aromatic N) is 2. The fraction of sp³-hybridized carbons (Fsp3) is 0.300. The number of hydrogen-bond donors (Lipinski definition) is 1. The van der Waals surface area contributed by atoms with Gasteiger partial charge < -0.3 is 9.51 Å². The van der Waals surface area contributed by atoms with Crippen LogP contribution in [0.25, 0.3) is 5.65 Å². The van der Waals surface area contributed by atoms with Gasteiger partial charge in [0.25, 0.3) is 0 Å². The Morgan fingerprint density at radius 1 is 1.44 bits per heavy atom. The van der Waals surface area contributed by atoms with Crippen LogP contribution in [0.2, 0.25) is 5.02 Å². The van der Waals surface area contributed by atoms with Gasteiger partial charge in [0.1, 0.15) is 5.65 Å². The van der Waals surface area contributed by atoms with Crippen LogP contribution in [0, 0.1) is 0 Å². The van der Waals surface area contributed by atoms with E-state index in [0.29, 0.717) is 10.8 Å². The zero-order chi connectivity index (χ0) is 11.5. The molecule has 0 amide bonds. The number of aliphatic hydroxyl groups is 1. The van der Waals surface area contributed by atoms with Crippen molar-refractivity contribution in [2.24, 2.45) is 0 Å². The van der Waals surface area contributed by atoms with E-state index in [1.54, 1.807) is 28.9 Å². The molecule has 1 N–H and O–H groups in total. The average molecular weight is 259 g/mol. The number of hydrogen-bond acceptors (Lipinski definition) is 3. The topological polar surface area (TPSA) is 54.6 Å². The highest BCUT2D eigenvalue weighted by molar-refractivity contribution is 7.84. The number of pyridine rings is 1. The smallest absolute Gasteiger partial charge is 0.137 e. The summed E-state index contributed by atoms with van der Waals surface area (Å²) in [5, 5.41) is 9.29. The van der Waals surface area contributed by atoms with Gasteiger partial charge in [-0.25, -0.2) is 4.98 Å². The molecule has 0 aliphatic carbocycles. The molecule has 2 aromatic rings. The standard InChI is InChI=1S/C10H11ClN2O2S/c11-8-1-2-10-12-9(6-13(10)5-8)7-16(15)4-3-14/h1-2,5-6,14H,3-4,7H2. The molecular formula is C10H11ClN2O2S. The minimum Gasteiger partial charge on any atom is -0.395 e. The molecule has 1 unspecified atom stereocenters. The summed E-state index contributed by atoms with van der Waals surface area (Å²) >= 11 is 5.84. The van der Waals surface area contributed by atoms with E-state index in [1.165, 1.54) is 0 Å². The van der Waals surface area contributed by atoms with Gasteiger partial charge in [0.2, 0.25) is 0 Å². The SMILES string of the molecule is O=S(CCO)Cc1cn2cc(Cl)ccc2n1. The molecule has 1 atom stereocenters. The van der Waals surface area contributed by atoms with Crippen molar-refractivity contribution in [2.75, 3.05) is 12.4 Å². The molecule has 2 rings (SSSR count). The minimum atomic E-state index is -1.06. The van der Waals surface area contributed by atoms with Crippen molar-refractivity contribution in [1.82, 2.24) is 9.38 Å². The van der Waals surface area contributed by atoms with Gasteiger partial charge in [0.05, 0.1) is 23.1 Å². The van der Waals surface area contributed by atoms with Crippen molar-refractivity contribution < 1.29 is 9.32 Å². The summed E-state index contributed by atoms with van der Waals surface area (Å²) in [6.07, 6.45) is 3.55. The minimum absolute atomic E-state index is 0.0637. The van der Waals surface area contributed by atoms with E-state index >= 15 is 0 Å². The molecule has 0 aliphatic rings. The van der Waals surface area contributed by atoms with Crippen LogP contribution in [0.15, 0.2) is 24.5 Å². The molecule has 0 radical (unpaired) electrons. The van der Waals surface area contributed by atoms with Crippen molar-refractivity contribution in [3.05, 3.63) is 35.2 Å². The van der Waals surface area contributed by atoms with Crippen LogP contribution < -0.4 is 0 Å². The molecule has 2 heterocycles. The van der Waals surface area contributed by atoms with Crippen LogP contribution in [0.1, 0.15) is 5.69 Å². The third-order valence-corrected chi connectivity index (χ3v) is 3.57. The summed E-state index contributed by atoms with van der Waals surface area (Å²) in [7, 11) is -1.06. The lowest BCUT2D eigenvalue weighted by molar-refractivity contribution is 0.321. The van der Waals surface area contributed by atoms with Gasteiger partial charge in [-0.3, -0.25) is 4.21 Å². The lowest BCUT2D eigenvalue weighted by Crippen LogP contribution is -2.04. The lowest BCUT2D eigenvalue weighted by Gasteiger charge is -1.94. The van der Waals surface area contributed by atoms with Gasteiger partial charge >= 0.3 is 0 Å². The molecule has 0 saturated carbocycles. The van der Waals surface area contributed by atoms with E-state index in [-0.39, 0.29) is 12.4 Å². The predicted molar refractivity (Wildman–Crippen MR) is 64.0 cm³/mol. The second-order valence-electron chi connectivity index (χ2n) is 3.36. The molecule has 0 bridgehead atoms. The van der Waals surface area contributed by atoms with Gasteiger partial charge in [0, 0.05) is 28.9 Å². The van der Waals surface area contributed by atoms with Crippen molar-refractivity contribution >= 4 is 28.0 Å². The Morgan fingerprint density at radius 2 is 2.25 bits per heavy atom. The van der Waals surface area contributed by atoms with E-state index in [1.807, 2.05) is 0 Å². The molecule has 4 nitrogen and oxygen atoms in total. The van der Waals surface area contributed by atoms with Gasteiger partial charge in [-0.2, -0.15) is 0 Å². The summed E-state index contributed by atoms with van der Waals surface area (Å²) in [4.78, 5) is 4.31. The molecule has 0 fully saturated rings. The Labute approximate surface area is 100 Å². The molecule has 0 aliphatic heterocycles. The number of halogens is 1. The maximum absolute atomic E-state index is 11.4. The highest BCUT2D eigenvalue weighted by atomic mass is 35.5. The summed E-state index contributed by atoms with van der Waals surface area (Å²) in [6, 6.07) is 3.57. The van der Waals surface area contributed by atoms with E-state index in [9.17, 15) is 4.21 Å². The molecule has 0 spiro atoms. The van der Waals surface area contributed by atoms with Gasteiger partial charge in [-0.15, -0.1) is 0 Å². The maximum atomic E-state index is 11.4.